The van der Waals surface area contributed by atoms with Crippen molar-refractivity contribution in [3.8, 4) is 5.75 Å². The van der Waals surface area contributed by atoms with E-state index < -0.39 is 27.8 Å². The summed E-state index contributed by atoms with van der Waals surface area (Å²) in [5, 5.41) is 2.43. The van der Waals surface area contributed by atoms with Crippen molar-refractivity contribution in [2.24, 2.45) is 0 Å². The first-order valence-electron chi connectivity index (χ1n) is 10.2. The molecule has 7 nitrogen and oxygen atoms in total. The van der Waals surface area contributed by atoms with Gasteiger partial charge in [0.15, 0.2) is 0 Å². The van der Waals surface area contributed by atoms with Gasteiger partial charge in [0, 0.05) is 19.3 Å². The number of nitrogens with one attached hydrogen (secondary N) is 1. The van der Waals surface area contributed by atoms with Gasteiger partial charge >= 0.3 is 6.61 Å². The molecule has 1 aliphatic rings. The third kappa shape index (κ3) is 6.39. The number of carbonyl (C=O) groups excluding carboxylic acids is 1. The molecule has 174 valence electrons. The second kappa shape index (κ2) is 11.1. The van der Waals surface area contributed by atoms with Crippen LogP contribution in [-0.2, 0) is 14.8 Å². The Morgan fingerprint density at radius 3 is 2.44 bits per heavy atom. The smallest absolute Gasteiger partial charge is 0.387 e. The summed E-state index contributed by atoms with van der Waals surface area (Å²) in [6.07, 6.45) is 5.05. The molecule has 0 radical (unpaired) electrons. The molecule has 3 rings (SSSR count). The number of benzene rings is 1. The Morgan fingerprint density at radius 1 is 1.12 bits per heavy atom. The fraction of sp³-hybridized carbons (Fsp3) is 0.429. The van der Waals surface area contributed by atoms with Crippen molar-refractivity contribution in [3.63, 3.8) is 0 Å². The Hall–Kier alpha value is -2.24. The van der Waals surface area contributed by atoms with Gasteiger partial charge in [-0.25, -0.2) is 13.4 Å². The Labute approximate surface area is 190 Å². The number of nitrogens with zero attached hydrogens (tertiary/aromatic N) is 2. The van der Waals surface area contributed by atoms with Gasteiger partial charge in [-0.1, -0.05) is 36.7 Å². The van der Waals surface area contributed by atoms with Crippen LogP contribution in [0.3, 0.4) is 0 Å². The average molecular weight is 486 g/mol. The van der Waals surface area contributed by atoms with E-state index in [4.69, 9.17) is 0 Å². The highest BCUT2D eigenvalue weighted by molar-refractivity contribution is 8.00. The lowest BCUT2D eigenvalue weighted by atomic mass is 10.2. The fourth-order valence-electron chi connectivity index (χ4n) is 3.26. The van der Waals surface area contributed by atoms with Crippen LogP contribution >= 0.6 is 11.8 Å². The average Bonchev–Trinajstić information content (AvgIpc) is 3.05. The van der Waals surface area contributed by atoms with E-state index in [1.54, 1.807) is 19.1 Å². The number of halogens is 2. The largest absolute Gasteiger partial charge is 0.433 e. The highest BCUT2D eigenvalue weighted by atomic mass is 32.2. The van der Waals surface area contributed by atoms with Gasteiger partial charge in [-0.05, 0) is 44.0 Å². The standard InChI is InChI=1S/C21H25F2N3O4S2/c1-15(20(27)25-17-8-4-5-9-18(17)30-21(22)23)31-19-11-10-16(14-24-19)32(28,29)26-12-6-2-3-7-13-26/h4-5,8-11,14-15,21H,2-3,6-7,12-13H2,1H3,(H,25,27). The molecule has 1 saturated heterocycles. The number of pyridine rings is 1. The SMILES string of the molecule is CC(Sc1ccc(S(=O)(=O)N2CCCCCC2)cn1)C(=O)Nc1ccccc1OC(F)F. The number of ether oxygens (including phenoxy) is 1. The predicted octanol–water partition coefficient (Wildman–Crippen LogP) is 4.37. The van der Waals surface area contributed by atoms with Crippen molar-refractivity contribution in [2.75, 3.05) is 18.4 Å². The molecule has 0 spiro atoms. The first-order valence-corrected chi connectivity index (χ1v) is 12.6. The van der Waals surface area contributed by atoms with Crippen LogP contribution in [0.2, 0.25) is 0 Å². The Bertz CT molecular complexity index is 1010. The van der Waals surface area contributed by atoms with Crippen molar-refractivity contribution in [3.05, 3.63) is 42.6 Å². The van der Waals surface area contributed by atoms with Gasteiger partial charge in [-0.2, -0.15) is 13.1 Å². The second-order valence-electron chi connectivity index (χ2n) is 7.27. The molecule has 11 heteroatoms. The number of aromatic nitrogens is 1. The van der Waals surface area contributed by atoms with E-state index in [0.717, 1.165) is 37.4 Å². The number of alkyl halides is 2. The molecule has 1 fully saturated rings. The Morgan fingerprint density at radius 2 is 1.81 bits per heavy atom. The summed E-state index contributed by atoms with van der Waals surface area (Å²) < 4.78 is 56.7. The maximum Gasteiger partial charge on any atom is 0.387 e. The van der Waals surface area contributed by atoms with Crippen molar-refractivity contribution in [1.29, 1.82) is 0 Å². The maximum absolute atomic E-state index is 12.8. The molecule has 1 amide bonds. The topological polar surface area (TPSA) is 88.6 Å². The maximum atomic E-state index is 12.8. The molecule has 32 heavy (non-hydrogen) atoms. The van der Waals surface area contributed by atoms with Crippen molar-refractivity contribution in [1.82, 2.24) is 9.29 Å². The summed E-state index contributed by atoms with van der Waals surface area (Å²) in [7, 11) is -3.60. The van der Waals surface area contributed by atoms with E-state index >= 15 is 0 Å². The molecule has 0 saturated carbocycles. The van der Waals surface area contributed by atoms with E-state index in [1.165, 1.54) is 34.8 Å². The molecular formula is C21H25F2N3O4S2. The van der Waals surface area contributed by atoms with E-state index in [2.05, 4.69) is 15.0 Å². The zero-order valence-corrected chi connectivity index (χ0v) is 19.2. The monoisotopic (exact) mass is 485 g/mol. The lowest BCUT2D eigenvalue weighted by Crippen LogP contribution is -2.32. The van der Waals surface area contributed by atoms with Crippen LogP contribution in [0.4, 0.5) is 14.5 Å². The minimum absolute atomic E-state index is 0.124. The van der Waals surface area contributed by atoms with Crippen molar-refractivity contribution < 1.29 is 26.7 Å². The number of hydrogen-bond donors (Lipinski definition) is 1. The number of carbonyl (C=O) groups is 1. The molecule has 1 aromatic heterocycles. The van der Waals surface area contributed by atoms with E-state index in [9.17, 15) is 22.0 Å². The van der Waals surface area contributed by atoms with Crippen LogP contribution in [0.5, 0.6) is 5.75 Å². The minimum atomic E-state index is -3.60. The zero-order chi connectivity index (χ0) is 23.1. The van der Waals surface area contributed by atoms with E-state index in [0.29, 0.717) is 18.1 Å². The molecule has 0 bridgehead atoms. The van der Waals surface area contributed by atoms with Gasteiger partial charge in [0.25, 0.3) is 0 Å². The number of amides is 1. The number of rotatable bonds is 8. The van der Waals surface area contributed by atoms with Crippen LogP contribution in [0.25, 0.3) is 0 Å². The van der Waals surface area contributed by atoms with Crippen LogP contribution in [-0.4, -0.2) is 48.6 Å². The van der Waals surface area contributed by atoms with Gasteiger partial charge in [-0.15, -0.1) is 0 Å². The summed E-state index contributed by atoms with van der Waals surface area (Å²) in [5.41, 5.74) is 0.136. The molecule has 2 heterocycles. The van der Waals surface area contributed by atoms with Crippen LogP contribution in [0.1, 0.15) is 32.6 Å². The Kier molecular flexibility index (Phi) is 8.44. The van der Waals surface area contributed by atoms with Gasteiger partial charge in [0.1, 0.15) is 10.6 Å². The van der Waals surface area contributed by atoms with Crippen LogP contribution < -0.4 is 10.1 Å². The van der Waals surface area contributed by atoms with Gasteiger partial charge in [0.05, 0.1) is 16.0 Å². The van der Waals surface area contributed by atoms with E-state index in [-0.39, 0.29) is 16.3 Å². The van der Waals surface area contributed by atoms with Gasteiger partial charge in [-0.3, -0.25) is 4.79 Å². The predicted molar refractivity (Wildman–Crippen MR) is 118 cm³/mol. The summed E-state index contributed by atoms with van der Waals surface area (Å²) in [5.74, 6) is -0.558. The molecule has 0 aliphatic carbocycles. The number of hydrogen-bond acceptors (Lipinski definition) is 6. The number of thioether (sulfide) groups is 1. The fourth-order valence-corrected chi connectivity index (χ4v) is 5.51. The second-order valence-corrected chi connectivity index (χ2v) is 10.6. The summed E-state index contributed by atoms with van der Waals surface area (Å²) >= 11 is 1.13. The zero-order valence-electron chi connectivity index (χ0n) is 17.5. The molecule has 1 aromatic carbocycles. The van der Waals surface area contributed by atoms with Gasteiger partial charge < -0.3 is 10.1 Å². The number of anilines is 1. The number of para-hydroxylation sites is 2. The minimum Gasteiger partial charge on any atom is -0.433 e. The van der Waals surface area contributed by atoms with E-state index in [1.807, 2.05) is 0 Å². The summed E-state index contributed by atoms with van der Waals surface area (Å²) in [4.78, 5) is 16.8. The first-order chi connectivity index (χ1) is 15.3. The highest BCUT2D eigenvalue weighted by Crippen LogP contribution is 2.28. The molecule has 1 unspecified atom stereocenters. The normalized spacial score (nSPS) is 16.4. The molecule has 1 aliphatic heterocycles. The molecular weight excluding hydrogens is 460 g/mol. The summed E-state index contributed by atoms with van der Waals surface area (Å²) in [6, 6.07) is 8.98. The first kappa shape index (κ1) is 24.4. The summed E-state index contributed by atoms with van der Waals surface area (Å²) in [6.45, 7) is -0.354. The quantitative estimate of drug-likeness (QED) is 0.559. The van der Waals surface area contributed by atoms with Crippen LogP contribution in [0.15, 0.2) is 52.5 Å². The highest BCUT2D eigenvalue weighted by Gasteiger charge is 2.26. The third-order valence-corrected chi connectivity index (χ3v) is 7.87. The van der Waals surface area contributed by atoms with Crippen molar-refractivity contribution in [2.45, 2.75) is 54.4 Å². The van der Waals surface area contributed by atoms with Gasteiger partial charge in [0.2, 0.25) is 15.9 Å². The number of sulfonamides is 1. The molecule has 1 N–H and O–H groups in total. The third-order valence-electron chi connectivity index (χ3n) is 4.94. The Balaban J connectivity index is 1.63. The van der Waals surface area contributed by atoms with Crippen LogP contribution in [0, 0.1) is 0 Å². The molecule has 2 aromatic rings. The lowest BCUT2D eigenvalue weighted by Gasteiger charge is -2.19. The van der Waals surface area contributed by atoms with Crippen molar-refractivity contribution >= 4 is 33.4 Å². The lowest BCUT2D eigenvalue weighted by molar-refractivity contribution is -0.115. The molecule has 1 atom stereocenters.